The van der Waals surface area contributed by atoms with Crippen LogP contribution in [-0.2, 0) is 16.0 Å². The molecule has 0 bridgehead atoms. The normalized spacial score (nSPS) is 15.7. The minimum absolute atomic E-state index is 0.0798. The molecule has 0 spiro atoms. The van der Waals surface area contributed by atoms with Gasteiger partial charge < -0.3 is 21.1 Å². The molecule has 6 nitrogen and oxygen atoms in total. The predicted octanol–water partition coefficient (Wildman–Crippen LogP) is -0.333. The molecule has 0 amide bonds. The third kappa shape index (κ3) is 3.06. The number of aromatic hydroxyl groups is 1. The molecule has 0 aliphatic heterocycles. The van der Waals surface area contributed by atoms with Crippen molar-refractivity contribution in [3.63, 3.8) is 0 Å². The van der Waals surface area contributed by atoms with Crippen LogP contribution < -0.4 is 5.73 Å². The molecule has 0 aromatic heterocycles. The number of Topliss-reactive ketones (excluding diaryl/α,β-unsaturated/α-hetero) is 1. The smallest absolute Gasteiger partial charge is 0.343 e. The molecule has 18 heavy (non-hydrogen) atoms. The van der Waals surface area contributed by atoms with Gasteiger partial charge in [0.15, 0.2) is 5.78 Å². The number of carboxylic acids is 1. The van der Waals surface area contributed by atoms with Gasteiger partial charge in [0.1, 0.15) is 5.75 Å². The van der Waals surface area contributed by atoms with E-state index < -0.39 is 23.4 Å². The van der Waals surface area contributed by atoms with Gasteiger partial charge in [-0.2, -0.15) is 0 Å². The third-order valence-electron chi connectivity index (χ3n) is 2.62. The first kappa shape index (κ1) is 14.1. The highest BCUT2D eigenvalue weighted by Crippen LogP contribution is 2.14. The highest BCUT2D eigenvalue weighted by atomic mass is 16.4. The Labute approximate surface area is 104 Å². The number of ketones is 1. The number of aliphatic carboxylic acids is 1. The molecule has 98 valence electrons. The summed E-state index contributed by atoms with van der Waals surface area (Å²) in [7, 11) is 0. The molecule has 0 radical (unpaired) electrons. The maximum atomic E-state index is 11.7. The second kappa shape index (κ2) is 5.16. The Hall–Kier alpha value is -1.92. The number of hydrogen-bond donors (Lipinski definition) is 4. The molecule has 1 aromatic rings. The zero-order valence-corrected chi connectivity index (χ0v) is 9.83. The van der Waals surface area contributed by atoms with Crippen molar-refractivity contribution in [2.45, 2.75) is 25.0 Å². The Morgan fingerprint density at radius 2 is 1.83 bits per heavy atom. The zero-order chi connectivity index (χ0) is 13.9. The monoisotopic (exact) mass is 253 g/mol. The van der Waals surface area contributed by atoms with Crippen molar-refractivity contribution < 1.29 is 24.9 Å². The second-order valence-corrected chi connectivity index (χ2v) is 4.22. The van der Waals surface area contributed by atoms with Crippen molar-refractivity contribution in [3.8, 4) is 5.75 Å². The summed E-state index contributed by atoms with van der Waals surface area (Å²) in [5.74, 6) is -2.51. The van der Waals surface area contributed by atoms with E-state index in [9.17, 15) is 14.7 Å². The quantitative estimate of drug-likeness (QED) is 0.533. The van der Waals surface area contributed by atoms with Gasteiger partial charge in [-0.25, -0.2) is 4.79 Å². The number of carbonyl (C=O) groups excluding carboxylic acids is 1. The van der Waals surface area contributed by atoms with E-state index in [-0.39, 0.29) is 12.2 Å². The van der Waals surface area contributed by atoms with Crippen LogP contribution in [0.2, 0.25) is 0 Å². The molecule has 0 saturated carbocycles. The molecule has 0 heterocycles. The Morgan fingerprint density at radius 3 is 2.28 bits per heavy atom. The van der Waals surface area contributed by atoms with Crippen molar-refractivity contribution in [2.24, 2.45) is 5.73 Å². The van der Waals surface area contributed by atoms with Crippen LogP contribution in [0.4, 0.5) is 0 Å². The van der Waals surface area contributed by atoms with Crippen LogP contribution >= 0.6 is 0 Å². The van der Waals surface area contributed by atoms with Gasteiger partial charge in [0.05, 0.1) is 6.04 Å². The Balaban J connectivity index is 2.77. The number of phenolic OH excluding ortho intramolecular Hbond substituents is 1. The number of carbonyl (C=O) groups is 2. The maximum Gasteiger partial charge on any atom is 0.343 e. The zero-order valence-electron chi connectivity index (χ0n) is 9.83. The molecule has 2 unspecified atom stereocenters. The lowest BCUT2D eigenvalue weighted by Gasteiger charge is -2.20. The van der Waals surface area contributed by atoms with Crippen molar-refractivity contribution in [1.82, 2.24) is 0 Å². The van der Waals surface area contributed by atoms with E-state index in [0.717, 1.165) is 6.92 Å². The lowest BCUT2D eigenvalue weighted by Crippen LogP contribution is -2.52. The average molecular weight is 253 g/mol. The van der Waals surface area contributed by atoms with E-state index in [4.69, 9.17) is 15.9 Å². The van der Waals surface area contributed by atoms with Gasteiger partial charge in [-0.3, -0.25) is 4.79 Å². The topological polar surface area (TPSA) is 121 Å². The summed E-state index contributed by atoms with van der Waals surface area (Å²) in [6, 6.07) is 4.88. The van der Waals surface area contributed by atoms with E-state index >= 15 is 0 Å². The van der Waals surface area contributed by atoms with Gasteiger partial charge in [-0.15, -0.1) is 0 Å². The molecule has 6 heteroatoms. The van der Waals surface area contributed by atoms with Crippen LogP contribution in [0.25, 0.3) is 0 Å². The fourth-order valence-electron chi connectivity index (χ4n) is 1.45. The first-order chi connectivity index (χ1) is 8.25. The van der Waals surface area contributed by atoms with Gasteiger partial charge >= 0.3 is 5.97 Å². The van der Waals surface area contributed by atoms with Gasteiger partial charge in [0.2, 0.25) is 5.60 Å². The SMILES string of the molecule is CC(O)(C(=O)O)C(=O)C(N)Cc1ccc(O)cc1. The summed E-state index contributed by atoms with van der Waals surface area (Å²) in [5, 5.41) is 27.3. The third-order valence-corrected chi connectivity index (χ3v) is 2.62. The number of nitrogens with two attached hydrogens (primary N) is 1. The van der Waals surface area contributed by atoms with Crippen molar-refractivity contribution in [2.75, 3.05) is 0 Å². The molecule has 1 aromatic carbocycles. The van der Waals surface area contributed by atoms with Gasteiger partial charge in [0.25, 0.3) is 0 Å². The summed E-state index contributed by atoms with van der Waals surface area (Å²) in [5.41, 5.74) is 3.75. The molecule has 5 N–H and O–H groups in total. The summed E-state index contributed by atoms with van der Waals surface area (Å²) in [4.78, 5) is 22.4. The molecule has 2 atom stereocenters. The van der Waals surface area contributed by atoms with Crippen LogP contribution in [0.5, 0.6) is 5.75 Å². The number of rotatable bonds is 5. The molecule has 0 saturated heterocycles. The predicted molar refractivity (Wildman–Crippen MR) is 63.1 cm³/mol. The van der Waals surface area contributed by atoms with Crippen molar-refractivity contribution in [3.05, 3.63) is 29.8 Å². The first-order valence-electron chi connectivity index (χ1n) is 5.28. The average Bonchev–Trinajstić information content (AvgIpc) is 2.30. The van der Waals surface area contributed by atoms with Gasteiger partial charge in [-0.05, 0) is 31.0 Å². The van der Waals surface area contributed by atoms with Gasteiger partial charge in [-0.1, -0.05) is 12.1 Å². The highest BCUT2D eigenvalue weighted by Gasteiger charge is 2.41. The molecule has 1 rings (SSSR count). The molecule has 0 aliphatic rings. The van der Waals surface area contributed by atoms with E-state index in [2.05, 4.69) is 0 Å². The van der Waals surface area contributed by atoms with Gasteiger partial charge in [0, 0.05) is 0 Å². The highest BCUT2D eigenvalue weighted by molar-refractivity contribution is 6.08. The summed E-state index contributed by atoms with van der Waals surface area (Å²) < 4.78 is 0. The first-order valence-corrected chi connectivity index (χ1v) is 5.28. The summed E-state index contributed by atoms with van der Waals surface area (Å²) >= 11 is 0. The lowest BCUT2D eigenvalue weighted by molar-refractivity contribution is -0.163. The molecule has 0 fully saturated rings. The van der Waals surface area contributed by atoms with Crippen molar-refractivity contribution in [1.29, 1.82) is 0 Å². The molecule has 0 aliphatic carbocycles. The number of carboxylic acid groups (broad SMARTS) is 1. The van der Waals surface area contributed by atoms with E-state index in [1.54, 1.807) is 12.1 Å². The van der Waals surface area contributed by atoms with E-state index in [1.165, 1.54) is 12.1 Å². The molecular formula is C12H15NO5. The number of aliphatic hydroxyl groups is 1. The Kier molecular flexibility index (Phi) is 4.05. The summed E-state index contributed by atoms with van der Waals surface area (Å²) in [6.45, 7) is 0.897. The fourth-order valence-corrected chi connectivity index (χ4v) is 1.45. The number of benzene rings is 1. The second-order valence-electron chi connectivity index (χ2n) is 4.22. The maximum absolute atomic E-state index is 11.7. The van der Waals surface area contributed by atoms with E-state index in [1.807, 2.05) is 0 Å². The Bertz CT molecular complexity index is 452. The van der Waals surface area contributed by atoms with Crippen LogP contribution in [0.3, 0.4) is 0 Å². The van der Waals surface area contributed by atoms with Crippen LogP contribution in [0, 0.1) is 0 Å². The number of phenols is 1. The minimum Gasteiger partial charge on any atom is -0.508 e. The summed E-state index contributed by atoms with van der Waals surface area (Å²) in [6.07, 6.45) is 0.0859. The fraction of sp³-hybridized carbons (Fsp3) is 0.333. The standard InChI is InChI=1S/C12H15NO5/c1-12(18,11(16)17)10(15)9(13)6-7-2-4-8(14)5-3-7/h2-5,9,14,18H,6,13H2,1H3,(H,16,17). The lowest BCUT2D eigenvalue weighted by atomic mass is 9.92. The Morgan fingerprint density at radius 1 is 1.33 bits per heavy atom. The van der Waals surface area contributed by atoms with Crippen molar-refractivity contribution >= 4 is 11.8 Å². The van der Waals surface area contributed by atoms with Crippen LogP contribution in [0.1, 0.15) is 12.5 Å². The van der Waals surface area contributed by atoms with Crippen LogP contribution in [-0.4, -0.2) is 38.7 Å². The van der Waals surface area contributed by atoms with Crippen LogP contribution in [0.15, 0.2) is 24.3 Å². The largest absolute Gasteiger partial charge is 0.508 e. The van der Waals surface area contributed by atoms with E-state index in [0.29, 0.717) is 5.56 Å². The number of hydrogen-bond acceptors (Lipinski definition) is 5. The molecular weight excluding hydrogens is 238 g/mol. The minimum atomic E-state index is -2.49.